The van der Waals surface area contributed by atoms with Gasteiger partial charge >= 0.3 is 12.1 Å². The Morgan fingerprint density at radius 3 is 2.59 bits per heavy atom. The topological polar surface area (TPSA) is 85.4 Å². The molecule has 5 nitrogen and oxygen atoms in total. The standard InChI is InChI=1S/C9H9F3N2O3/c10-9(11,12)5-1-2-7(14-3-5)17-4-6(13)8(15)16/h1-3,6H,4,13H2,(H,15,16). The van der Waals surface area contributed by atoms with E-state index < -0.39 is 23.8 Å². The number of nitrogens with two attached hydrogens (primary N) is 1. The van der Waals surface area contributed by atoms with Gasteiger partial charge in [0.1, 0.15) is 12.6 Å². The van der Waals surface area contributed by atoms with Crippen LogP contribution >= 0.6 is 0 Å². The molecule has 0 aromatic carbocycles. The third-order valence-electron chi connectivity index (χ3n) is 1.79. The Morgan fingerprint density at radius 1 is 1.53 bits per heavy atom. The van der Waals surface area contributed by atoms with Crippen LogP contribution in [0, 0.1) is 0 Å². The smallest absolute Gasteiger partial charge is 0.417 e. The maximum absolute atomic E-state index is 12.2. The molecule has 3 N–H and O–H groups in total. The molecule has 1 unspecified atom stereocenters. The van der Waals surface area contributed by atoms with E-state index in [0.29, 0.717) is 6.20 Å². The van der Waals surface area contributed by atoms with Crippen LogP contribution in [0.2, 0.25) is 0 Å². The highest BCUT2D eigenvalue weighted by Gasteiger charge is 2.30. The summed E-state index contributed by atoms with van der Waals surface area (Å²) in [4.78, 5) is 13.7. The third-order valence-corrected chi connectivity index (χ3v) is 1.79. The van der Waals surface area contributed by atoms with Crippen LogP contribution in [0.5, 0.6) is 5.88 Å². The largest absolute Gasteiger partial charge is 0.480 e. The van der Waals surface area contributed by atoms with Crippen LogP contribution in [-0.4, -0.2) is 28.7 Å². The Bertz CT molecular complexity index is 391. The first-order valence-corrected chi connectivity index (χ1v) is 4.45. The Morgan fingerprint density at radius 2 is 2.18 bits per heavy atom. The lowest BCUT2D eigenvalue weighted by Crippen LogP contribution is -2.36. The second kappa shape index (κ2) is 5.00. The summed E-state index contributed by atoms with van der Waals surface area (Å²) in [6, 6.07) is 0.533. The van der Waals surface area contributed by atoms with Gasteiger partial charge in [0.15, 0.2) is 0 Å². The molecule has 1 atom stereocenters. The van der Waals surface area contributed by atoms with E-state index in [2.05, 4.69) is 4.98 Å². The minimum atomic E-state index is -4.47. The van der Waals surface area contributed by atoms with Crippen LogP contribution in [-0.2, 0) is 11.0 Å². The Balaban J connectivity index is 2.60. The summed E-state index contributed by atoms with van der Waals surface area (Å²) >= 11 is 0. The number of aromatic nitrogens is 1. The minimum Gasteiger partial charge on any atom is -0.480 e. The number of carboxylic acid groups (broad SMARTS) is 1. The van der Waals surface area contributed by atoms with Crippen LogP contribution in [0.3, 0.4) is 0 Å². The van der Waals surface area contributed by atoms with Crippen molar-refractivity contribution < 1.29 is 27.8 Å². The van der Waals surface area contributed by atoms with E-state index in [1.807, 2.05) is 0 Å². The summed E-state index contributed by atoms with van der Waals surface area (Å²) in [5.41, 5.74) is 4.22. The third kappa shape index (κ3) is 3.91. The van der Waals surface area contributed by atoms with Gasteiger partial charge in [0, 0.05) is 12.3 Å². The molecule has 0 bridgehead atoms. The molecule has 0 radical (unpaired) electrons. The second-order valence-electron chi connectivity index (χ2n) is 3.14. The number of carboxylic acids is 1. The van der Waals surface area contributed by atoms with Crippen molar-refractivity contribution in [2.45, 2.75) is 12.2 Å². The van der Waals surface area contributed by atoms with Crippen molar-refractivity contribution in [3.63, 3.8) is 0 Å². The lowest BCUT2D eigenvalue weighted by atomic mass is 10.3. The highest BCUT2D eigenvalue weighted by Crippen LogP contribution is 2.29. The molecular weight excluding hydrogens is 241 g/mol. The predicted molar refractivity (Wildman–Crippen MR) is 50.3 cm³/mol. The van der Waals surface area contributed by atoms with Crippen LogP contribution in [0.25, 0.3) is 0 Å². The first kappa shape index (κ1) is 13.2. The van der Waals surface area contributed by atoms with Crippen molar-refractivity contribution in [3.8, 4) is 5.88 Å². The molecule has 0 aliphatic carbocycles. The fourth-order valence-electron chi connectivity index (χ4n) is 0.880. The van der Waals surface area contributed by atoms with Crippen molar-refractivity contribution in [2.75, 3.05) is 6.61 Å². The summed E-state index contributed by atoms with van der Waals surface area (Å²) in [7, 11) is 0. The highest BCUT2D eigenvalue weighted by atomic mass is 19.4. The normalized spacial score (nSPS) is 13.2. The Hall–Kier alpha value is -1.83. The fraction of sp³-hybridized carbons (Fsp3) is 0.333. The second-order valence-corrected chi connectivity index (χ2v) is 3.14. The van der Waals surface area contributed by atoms with Crippen molar-refractivity contribution in [3.05, 3.63) is 23.9 Å². The van der Waals surface area contributed by atoms with Crippen molar-refractivity contribution in [2.24, 2.45) is 5.73 Å². The van der Waals surface area contributed by atoms with Gasteiger partial charge in [-0.15, -0.1) is 0 Å². The number of pyridine rings is 1. The van der Waals surface area contributed by atoms with Gasteiger partial charge in [0.25, 0.3) is 0 Å². The average Bonchev–Trinajstić information content (AvgIpc) is 2.25. The van der Waals surface area contributed by atoms with E-state index in [-0.39, 0.29) is 12.5 Å². The van der Waals surface area contributed by atoms with E-state index in [0.717, 1.165) is 12.1 Å². The number of rotatable bonds is 4. The number of aliphatic carboxylic acids is 1. The van der Waals surface area contributed by atoms with E-state index in [1.54, 1.807) is 0 Å². The number of hydrogen-bond donors (Lipinski definition) is 2. The van der Waals surface area contributed by atoms with Gasteiger partial charge in [0.2, 0.25) is 5.88 Å². The predicted octanol–water partition coefficient (Wildman–Crippen LogP) is 0.891. The number of ether oxygens (including phenoxy) is 1. The zero-order valence-corrected chi connectivity index (χ0v) is 8.44. The number of halogens is 3. The van der Waals surface area contributed by atoms with Crippen LogP contribution < -0.4 is 10.5 Å². The van der Waals surface area contributed by atoms with Gasteiger partial charge in [-0.25, -0.2) is 4.98 Å². The van der Waals surface area contributed by atoms with E-state index in [1.165, 1.54) is 0 Å². The molecule has 1 aromatic heterocycles. The van der Waals surface area contributed by atoms with Gasteiger partial charge < -0.3 is 15.6 Å². The zero-order chi connectivity index (χ0) is 13.1. The molecule has 1 aromatic rings. The van der Waals surface area contributed by atoms with Crippen LogP contribution in [0.1, 0.15) is 5.56 Å². The maximum atomic E-state index is 12.2. The lowest BCUT2D eigenvalue weighted by molar-refractivity contribution is -0.139. The molecule has 1 heterocycles. The van der Waals surface area contributed by atoms with E-state index >= 15 is 0 Å². The number of nitrogens with zero attached hydrogens (tertiary/aromatic N) is 1. The van der Waals surface area contributed by atoms with E-state index in [9.17, 15) is 18.0 Å². The zero-order valence-electron chi connectivity index (χ0n) is 8.44. The van der Waals surface area contributed by atoms with Gasteiger partial charge in [-0.2, -0.15) is 13.2 Å². The number of carbonyl (C=O) groups is 1. The molecular formula is C9H9F3N2O3. The molecule has 0 saturated heterocycles. The molecule has 0 aliphatic rings. The highest BCUT2D eigenvalue weighted by molar-refractivity contribution is 5.73. The van der Waals surface area contributed by atoms with Crippen LogP contribution in [0.15, 0.2) is 18.3 Å². The minimum absolute atomic E-state index is 0.116. The van der Waals surface area contributed by atoms with Crippen LogP contribution in [0.4, 0.5) is 13.2 Å². The Kier molecular flexibility index (Phi) is 3.89. The summed E-state index contributed by atoms with van der Waals surface area (Å²) in [5, 5.41) is 8.44. The number of hydrogen-bond acceptors (Lipinski definition) is 4. The molecule has 0 spiro atoms. The van der Waals surface area contributed by atoms with Crippen molar-refractivity contribution in [1.82, 2.24) is 4.98 Å². The van der Waals surface area contributed by atoms with Gasteiger partial charge in [-0.3, -0.25) is 4.79 Å². The quantitative estimate of drug-likeness (QED) is 0.828. The van der Waals surface area contributed by atoms with Crippen molar-refractivity contribution >= 4 is 5.97 Å². The molecule has 0 aliphatic heterocycles. The SMILES string of the molecule is NC(COc1ccc(C(F)(F)F)cn1)C(=O)O. The fourth-order valence-corrected chi connectivity index (χ4v) is 0.880. The molecule has 0 amide bonds. The van der Waals surface area contributed by atoms with E-state index in [4.69, 9.17) is 15.6 Å². The first-order valence-electron chi connectivity index (χ1n) is 4.45. The summed E-state index contributed by atoms with van der Waals surface area (Å²) in [6.07, 6.45) is -3.87. The molecule has 8 heteroatoms. The molecule has 94 valence electrons. The first-order chi connectivity index (χ1) is 7.80. The monoisotopic (exact) mass is 250 g/mol. The molecule has 0 saturated carbocycles. The van der Waals surface area contributed by atoms with Gasteiger partial charge in [-0.1, -0.05) is 0 Å². The summed E-state index contributed by atoms with van der Waals surface area (Å²) < 4.78 is 41.3. The maximum Gasteiger partial charge on any atom is 0.417 e. The number of alkyl halides is 3. The van der Waals surface area contributed by atoms with Gasteiger partial charge in [-0.05, 0) is 6.07 Å². The molecule has 17 heavy (non-hydrogen) atoms. The lowest BCUT2D eigenvalue weighted by Gasteiger charge is -2.09. The Labute approximate surface area is 94.0 Å². The van der Waals surface area contributed by atoms with Gasteiger partial charge in [0.05, 0.1) is 5.56 Å². The molecule has 1 rings (SSSR count). The summed E-state index contributed by atoms with van der Waals surface area (Å²) in [5.74, 6) is -1.38. The van der Waals surface area contributed by atoms with Crippen molar-refractivity contribution in [1.29, 1.82) is 0 Å². The average molecular weight is 250 g/mol. The molecule has 0 fully saturated rings. The summed E-state index contributed by atoms with van der Waals surface area (Å²) in [6.45, 7) is -0.367.